The van der Waals surface area contributed by atoms with Crippen molar-refractivity contribution in [2.45, 2.75) is 32.7 Å². The minimum atomic E-state index is -3.43. The molecule has 2 aromatic rings. The van der Waals surface area contributed by atoms with E-state index in [1.54, 1.807) is 12.1 Å². The number of sulfonamides is 1. The van der Waals surface area contributed by atoms with Gasteiger partial charge in [-0.2, -0.15) is 0 Å². The lowest BCUT2D eigenvalue weighted by Crippen LogP contribution is -2.32. The van der Waals surface area contributed by atoms with Crippen LogP contribution in [0, 0.1) is 6.92 Å². The fourth-order valence-corrected chi connectivity index (χ4v) is 4.27. The molecule has 1 heterocycles. The second-order valence-electron chi connectivity index (χ2n) is 7.47. The summed E-state index contributed by atoms with van der Waals surface area (Å²) < 4.78 is 36.8. The Labute approximate surface area is 178 Å². The Morgan fingerprint density at radius 3 is 2.43 bits per heavy atom. The summed E-state index contributed by atoms with van der Waals surface area (Å²) >= 11 is 0. The highest BCUT2D eigenvalue weighted by molar-refractivity contribution is 7.92. The third kappa shape index (κ3) is 5.66. The number of carbonyl (C=O) groups is 1. The van der Waals surface area contributed by atoms with E-state index in [1.807, 2.05) is 44.2 Å². The molecule has 8 heteroatoms. The van der Waals surface area contributed by atoms with Crippen LogP contribution < -0.4 is 19.1 Å². The minimum Gasteiger partial charge on any atom is -0.486 e. The molecular formula is C22H28N2O5S. The van der Waals surface area contributed by atoms with E-state index >= 15 is 0 Å². The van der Waals surface area contributed by atoms with Crippen LogP contribution in [0.4, 0.5) is 5.69 Å². The second-order valence-corrected chi connectivity index (χ2v) is 9.37. The van der Waals surface area contributed by atoms with Crippen LogP contribution in [0.2, 0.25) is 0 Å². The van der Waals surface area contributed by atoms with Gasteiger partial charge in [-0.25, -0.2) is 8.42 Å². The summed E-state index contributed by atoms with van der Waals surface area (Å²) in [4.78, 5) is 12.4. The third-order valence-corrected chi connectivity index (χ3v) is 6.13. The van der Waals surface area contributed by atoms with Gasteiger partial charge in [0.25, 0.3) is 0 Å². The van der Waals surface area contributed by atoms with Crippen LogP contribution in [0.25, 0.3) is 0 Å². The molecule has 1 atom stereocenters. The highest BCUT2D eigenvalue weighted by Gasteiger charge is 2.19. The lowest BCUT2D eigenvalue weighted by atomic mass is 10.1. The molecule has 1 aliphatic rings. The number of carbonyl (C=O) groups excluding carboxylic acids is 1. The Kier molecular flexibility index (Phi) is 6.87. The van der Waals surface area contributed by atoms with Gasteiger partial charge in [0.2, 0.25) is 15.9 Å². The lowest BCUT2D eigenvalue weighted by molar-refractivity contribution is -0.121. The van der Waals surface area contributed by atoms with Crippen LogP contribution in [-0.2, 0) is 14.8 Å². The van der Waals surface area contributed by atoms with Crippen molar-refractivity contribution >= 4 is 21.6 Å². The molecule has 162 valence electrons. The van der Waals surface area contributed by atoms with E-state index in [0.717, 1.165) is 11.1 Å². The van der Waals surface area contributed by atoms with Crippen LogP contribution in [0.15, 0.2) is 42.5 Å². The normalized spacial score (nSPS) is 14.1. The quantitative estimate of drug-likeness (QED) is 0.693. The first-order chi connectivity index (χ1) is 14.2. The molecule has 1 aliphatic heterocycles. The van der Waals surface area contributed by atoms with E-state index in [2.05, 4.69) is 5.32 Å². The number of rotatable bonds is 8. The van der Waals surface area contributed by atoms with Gasteiger partial charge in [0.1, 0.15) is 13.2 Å². The van der Waals surface area contributed by atoms with Crippen molar-refractivity contribution in [1.29, 1.82) is 0 Å². The van der Waals surface area contributed by atoms with Gasteiger partial charge in [0.05, 0.1) is 18.0 Å². The monoisotopic (exact) mass is 432 g/mol. The van der Waals surface area contributed by atoms with Crippen LogP contribution in [0.1, 0.15) is 36.9 Å². The highest BCUT2D eigenvalue weighted by Crippen LogP contribution is 2.32. The van der Waals surface area contributed by atoms with Crippen molar-refractivity contribution in [1.82, 2.24) is 5.32 Å². The third-order valence-electron chi connectivity index (χ3n) is 4.93. The van der Waals surface area contributed by atoms with Crippen molar-refractivity contribution in [2.24, 2.45) is 0 Å². The Morgan fingerprint density at radius 1 is 1.10 bits per heavy atom. The first-order valence-corrected chi connectivity index (χ1v) is 11.8. The SMILES string of the molecule is Cc1ccc(N(CCCC(=O)NC(C)c2ccc3c(c2)OCCO3)S(C)(=O)=O)cc1. The van der Waals surface area contributed by atoms with Gasteiger partial charge in [0.15, 0.2) is 11.5 Å². The zero-order chi connectivity index (χ0) is 21.7. The van der Waals surface area contributed by atoms with Gasteiger partial charge >= 0.3 is 0 Å². The Balaban J connectivity index is 1.55. The van der Waals surface area contributed by atoms with Crippen LogP contribution in [0.3, 0.4) is 0 Å². The summed E-state index contributed by atoms with van der Waals surface area (Å²) in [6.07, 6.45) is 1.82. The number of benzene rings is 2. The minimum absolute atomic E-state index is 0.130. The molecule has 0 bridgehead atoms. The number of hydrogen-bond donors (Lipinski definition) is 1. The summed E-state index contributed by atoms with van der Waals surface area (Å²) in [7, 11) is -3.43. The van der Waals surface area contributed by atoms with Crippen LogP contribution >= 0.6 is 0 Å². The van der Waals surface area contributed by atoms with E-state index in [-0.39, 0.29) is 24.9 Å². The molecule has 2 aromatic carbocycles. The standard InChI is InChI=1S/C22H28N2O5S/c1-16-6-9-19(10-7-16)24(30(3,26)27)12-4-5-22(25)23-17(2)18-8-11-20-21(15-18)29-14-13-28-20/h6-11,15,17H,4-5,12-14H2,1-3H3,(H,23,25). The molecule has 0 fully saturated rings. The fourth-order valence-electron chi connectivity index (χ4n) is 3.31. The molecule has 30 heavy (non-hydrogen) atoms. The summed E-state index contributed by atoms with van der Waals surface area (Å²) in [6, 6.07) is 12.7. The first-order valence-electron chi connectivity index (χ1n) is 9.97. The number of nitrogens with zero attached hydrogens (tertiary/aromatic N) is 1. The maximum absolute atomic E-state index is 12.4. The topological polar surface area (TPSA) is 84.9 Å². The average molecular weight is 433 g/mol. The van der Waals surface area contributed by atoms with Gasteiger partial charge in [-0.05, 0) is 50.1 Å². The highest BCUT2D eigenvalue weighted by atomic mass is 32.2. The predicted molar refractivity (Wildman–Crippen MR) is 117 cm³/mol. The van der Waals surface area contributed by atoms with E-state index in [4.69, 9.17) is 9.47 Å². The molecule has 0 radical (unpaired) electrons. The van der Waals surface area contributed by atoms with E-state index < -0.39 is 10.0 Å². The van der Waals surface area contributed by atoms with Gasteiger partial charge in [-0.3, -0.25) is 9.10 Å². The van der Waals surface area contributed by atoms with E-state index in [1.165, 1.54) is 10.6 Å². The number of aryl methyl sites for hydroxylation is 1. The molecule has 0 saturated heterocycles. The van der Waals surface area contributed by atoms with Crippen molar-refractivity contribution < 1.29 is 22.7 Å². The second kappa shape index (κ2) is 9.38. The van der Waals surface area contributed by atoms with E-state index in [0.29, 0.717) is 36.8 Å². The maximum Gasteiger partial charge on any atom is 0.232 e. The molecule has 7 nitrogen and oxygen atoms in total. The van der Waals surface area contributed by atoms with Crippen molar-refractivity contribution in [2.75, 3.05) is 30.3 Å². The number of fused-ring (bicyclic) bond motifs is 1. The molecule has 1 amide bonds. The van der Waals surface area contributed by atoms with Gasteiger partial charge in [-0.1, -0.05) is 23.8 Å². The Bertz CT molecular complexity index is 989. The first kappa shape index (κ1) is 22.0. The average Bonchev–Trinajstić information content (AvgIpc) is 2.71. The zero-order valence-corrected chi connectivity index (χ0v) is 18.4. The summed E-state index contributed by atoms with van der Waals surface area (Å²) in [5.41, 5.74) is 2.58. The van der Waals surface area contributed by atoms with Crippen molar-refractivity contribution in [3.63, 3.8) is 0 Å². The smallest absolute Gasteiger partial charge is 0.232 e. The molecule has 0 spiro atoms. The zero-order valence-electron chi connectivity index (χ0n) is 17.6. The number of hydrogen-bond acceptors (Lipinski definition) is 5. The molecule has 0 aliphatic carbocycles. The molecule has 0 aromatic heterocycles. The molecular weight excluding hydrogens is 404 g/mol. The van der Waals surface area contributed by atoms with Crippen molar-refractivity contribution in [3.05, 3.63) is 53.6 Å². The number of nitrogens with one attached hydrogen (secondary N) is 1. The molecule has 3 rings (SSSR count). The molecule has 0 saturated carbocycles. The Hall–Kier alpha value is -2.74. The molecule has 1 unspecified atom stereocenters. The number of anilines is 1. The van der Waals surface area contributed by atoms with Crippen molar-refractivity contribution in [3.8, 4) is 11.5 Å². The summed E-state index contributed by atoms with van der Waals surface area (Å²) in [5.74, 6) is 1.26. The largest absolute Gasteiger partial charge is 0.486 e. The van der Waals surface area contributed by atoms with Gasteiger partial charge < -0.3 is 14.8 Å². The lowest BCUT2D eigenvalue weighted by Gasteiger charge is -2.23. The van der Waals surface area contributed by atoms with E-state index in [9.17, 15) is 13.2 Å². The number of amides is 1. The van der Waals surface area contributed by atoms with Crippen LogP contribution in [-0.4, -0.2) is 40.3 Å². The Morgan fingerprint density at radius 2 is 1.77 bits per heavy atom. The maximum atomic E-state index is 12.4. The predicted octanol–water partition coefficient (Wildman–Crippen LogP) is 3.19. The van der Waals surface area contributed by atoms with Gasteiger partial charge in [-0.15, -0.1) is 0 Å². The van der Waals surface area contributed by atoms with Crippen LogP contribution in [0.5, 0.6) is 11.5 Å². The fraction of sp³-hybridized carbons (Fsp3) is 0.409. The summed E-state index contributed by atoms with van der Waals surface area (Å²) in [5, 5.41) is 2.96. The number of ether oxygens (including phenoxy) is 2. The molecule has 1 N–H and O–H groups in total. The van der Waals surface area contributed by atoms with Gasteiger partial charge in [0, 0.05) is 13.0 Å². The summed E-state index contributed by atoms with van der Waals surface area (Å²) in [6.45, 7) is 5.13.